The van der Waals surface area contributed by atoms with Crippen molar-refractivity contribution in [3.05, 3.63) is 28.8 Å². The molecule has 0 unspecified atom stereocenters. The Morgan fingerprint density at radius 3 is 2.00 bits per heavy atom. The molecule has 0 aliphatic heterocycles. The van der Waals surface area contributed by atoms with Gasteiger partial charge in [-0.1, -0.05) is 46.8 Å². The molecule has 112 valence electrons. The van der Waals surface area contributed by atoms with Crippen LogP contribution in [0, 0.1) is 5.92 Å². The summed E-state index contributed by atoms with van der Waals surface area (Å²) in [7, 11) is 0. The van der Waals surface area contributed by atoms with Gasteiger partial charge in [0.25, 0.3) is 0 Å². The van der Waals surface area contributed by atoms with Gasteiger partial charge in [-0.05, 0) is 54.1 Å². The molecule has 0 fully saturated rings. The molecule has 0 atom stereocenters. The molecule has 0 bridgehead atoms. The van der Waals surface area contributed by atoms with Crippen molar-refractivity contribution in [3.63, 3.8) is 0 Å². The van der Waals surface area contributed by atoms with Gasteiger partial charge in [-0.3, -0.25) is 0 Å². The van der Waals surface area contributed by atoms with E-state index in [1.54, 1.807) is 0 Å². The minimum absolute atomic E-state index is 0.591. The smallest absolute Gasteiger partial charge is 0.170 e. The largest absolute Gasteiger partial charge is 0.362 e. The van der Waals surface area contributed by atoms with E-state index in [-0.39, 0.29) is 0 Å². The molecule has 0 spiro atoms. The van der Waals surface area contributed by atoms with Crippen LogP contribution in [0.2, 0.25) is 0 Å². The molecule has 0 heterocycles. The number of thiocarbonyl (C=S) groups is 1. The lowest BCUT2D eigenvalue weighted by Crippen LogP contribution is -2.32. The third-order valence-electron chi connectivity index (χ3n) is 3.44. The quantitative estimate of drug-likeness (QED) is 0.764. The highest BCUT2D eigenvalue weighted by Gasteiger charge is 2.10. The second-order valence-corrected chi connectivity index (χ2v) is 5.99. The van der Waals surface area contributed by atoms with Crippen LogP contribution < -0.4 is 10.6 Å². The van der Waals surface area contributed by atoms with Gasteiger partial charge in [0.15, 0.2) is 5.11 Å². The predicted molar refractivity (Wildman–Crippen MR) is 93.6 cm³/mol. The number of benzene rings is 1. The number of hydrogen-bond donors (Lipinski definition) is 2. The third kappa shape index (κ3) is 4.78. The molecule has 0 amide bonds. The Labute approximate surface area is 129 Å². The van der Waals surface area contributed by atoms with E-state index >= 15 is 0 Å². The van der Waals surface area contributed by atoms with E-state index in [9.17, 15) is 0 Å². The molecule has 20 heavy (non-hydrogen) atoms. The molecule has 0 saturated carbocycles. The number of rotatable bonds is 6. The Balaban J connectivity index is 2.94. The monoisotopic (exact) mass is 292 g/mol. The van der Waals surface area contributed by atoms with Crippen molar-refractivity contribution in [2.45, 2.75) is 53.9 Å². The van der Waals surface area contributed by atoms with Gasteiger partial charge >= 0.3 is 0 Å². The van der Waals surface area contributed by atoms with Crippen LogP contribution in [0.3, 0.4) is 0 Å². The molecule has 3 heteroatoms. The van der Waals surface area contributed by atoms with Gasteiger partial charge in [0.05, 0.1) is 0 Å². The fourth-order valence-electron chi connectivity index (χ4n) is 2.22. The number of hydrogen-bond acceptors (Lipinski definition) is 1. The van der Waals surface area contributed by atoms with Gasteiger partial charge in [-0.15, -0.1) is 0 Å². The third-order valence-corrected chi connectivity index (χ3v) is 3.69. The van der Waals surface area contributed by atoms with Gasteiger partial charge in [0, 0.05) is 12.2 Å². The molecule has 0 aromatic heterocycles. The molecule has 1 aromatic carbocycles. The van der Waals surface area contributed by atoms with Crippen LogP contribution in [-0.2, 0) is 19.3 Å². The molecular weight excluding hydrogens is 264 g/mol. The highest BCUT2D eigenvalue weighted by atomic mass is 32.1. The van der Waals surface area contributed by atoms with E-state index < -0.39 is 0 Å². The van der Waals surface area contributed by atoms with Gasteiger partial charge in [-0.2, -0.15) is 0 Å². The predicted octanol–water partition coefficient (Wildman–Crippen LogP) is 4.32. The van der Waals surface area contributed by atoms with Crippen molar-refractivity contribution < 1.29 is 0 Å². The zero-order chi connectivity index (χ0) is 15.1. The Morgan fingerprint density at radius 1 is 1.05 bits per heavy atom. The fourth-order valence-corrected chi connectivity index (χ4v) is 2.40. The average molecular weight is 292 g/mol. The van der Waals surface area contributed by atoms with Gasteiger partial charge < -0.3 is 10.6 Å². The molecule has 0 aliphatic rings. The maximum Gasteiger partial charge on any atom is 0.170 e. The molecule has 0 radical (unpaired) electrons. The minimum atomic E-state index is 0.591. The van der Waals surface area contributed by atoms with Crippen LogP contribution in [0.1, 0.15) is 51.3 Å². The topological polar surface area (TPSA) is 24.1 Å². The zero-order valence-electron chi connectivity index (χ0n) is 13.5. The molecular formula is C17H28N2S. The highest BCUT2D eigenvalue weighted by Crippen LogP contribution is 2.25. The van der Waals surface area contributed by atoms with E-state index in [0.29, 0.717) is 5.92 Å². The number of nitrogens with one attached hydrogen (secondary N) is 2. The molecule has 1 aromatic rings. The average Bonchev–Trinajstić information content (AvgIpc) is 2.45. The van der Waals surface area contributed by atoms with E-state index in [1.165, 1.54) is 22.4 Å². The molecule has 0 saturated heterocycles. The van der Waals surface area contributed by atoms with Crippen LogP contribution in [0.25, 0.3) is 0 Å². The first-order chi connectivity index (χ1) is 9.51. The summed E-state index contributed by atoms with van der Waals surface area (Å²) in [5.74, 6) is 0.591. The van der Waals surface area contributed by atoms with Crippen molar-refractivity contribution in [3.8, 4) is 0 Å². The summed E-state index contributed by atoms with van der Waals surface area (Å²) in [5, 5.41) is 7.42. The van der Waals surface area contributed by atoms with Crippen LogP contribution in [0.4, 0.5) is 5.69 Å². The lowest BCUT2D eigenvalue weighted by atomic mass is 9.98. The Bertz CT molecular complexity index is 427. The second kappa shape index (κ2) is 8.25. The SMILES string of the molecule is CCc1cc(CC)c(NC(=S)NCC(C)C)c(CC)c1. The van der Waals surface area contributed by atoms with Crippen LogP contribution in [-0.4, -0.2) is 11.7 Å². The summed E-state index contributed by atoms with van der Waals surface area (Å²) >= 11 is 5.41. The maximum atomic E-state index is 5.41. The maximum absolute atomic E-state index is 5.41. The van der Waals surface area contributed by atoms with Gasteiger partial charge in [0.1, 0.15) is 0 Å². The van der Waals surface area contributed by atoms with Crippen LogP contribution >= 0.6 is 12.2 Å². The summed E-state index contributed by atoms with van der Waals surface area (Å²) in [5.41, 5.74) is 5.32. The van der Waals surface area contributed by atoms with Crippen molar-refractivity contribution in [2.75, 3.05) is 11.9 Å². The van der Waals surface area contributed by atoms with E-state index in [2.05, 4.69) is 57.4 Å². The summed E-state index contributed by atoms with van der Waals surface area (Å²) in [6.07, 6.45) is 3.13. The summed E-state index contributed by atoms with van der Waals surface area (Å²) in [6, 6.07) is 4.60. The zero-order valence-corrected chi connectivity index (χ0v) is 14.3. The van der Waals surface area contributed by atoms with Crippen LogP contribution in [0.5, 0.6) is 0 Å². The van der Waals surface area contributed by atoms with E-state index in [1.807, 2.05) is 0 Å². The van der Waals surface area contributed by atoms with Crippen molar-refractivity contribution >= 4 is 23.0 Å². The molecule has 0 aliphatic carbocycles. The van der Waals surface area contributed by atoms with Crippen molar-refractivity contribution in [1.82, 2.24) is 5.32 Å². The lowest BCUT2D eigenvalue weighted by Gasteiger charge is -2.19. The van der Waals surface area contributed by atoms with Gasteiger partial charge in [-0.25, -0.2) is 0 Å². The summed E-state index contributed by atoms with van der Waals surface area (Å²) in [6.45, 7) is 11.9. The molecule has 2 nitrogen and oxygen atoms in total. The second-order valence-electron chi connectivity index (χ2n) is 5.58. The number of anilines is 1. The van der Waals surface area contributed by atoms with Crippen LogP contribution in [0.15, 0.2) is 12.1 Å². The van der Waals surface area contributed by atoms with E-state index in [4.69, 9.17) is 12.2 Å². The normalized spacial score (nSPS) is 10.7. The Morgan fingerprint density at radius 2 is 1.60 bits per heavy atom. The van der Waals surface area contributed by atoms with E-state index in [0.717, 1.165) is 30.9 Å². The van der Waals surface area contributed by atoms with Crippen molar-refractivity contribution in [2.24, 2.45) is 5.92 Å². The first kappa shape index (κ1) is 17.0. The standard InChI is InChI=1S/C17H28N2S/c1-6-13-9-14(7-2)16(15(8-3)10-13)19-17(20)18-11-12(4)5/h9-10,12H,6-8,11H2,1-5H3,(H2,18,19,20). The molecule has 1 rings (SSSR count). The minimum Gasteiger partial charge on any atom is -0.362 e. The first-order valence-electron chi connectivity index (χ1n) is 7.71. The summed E-state index contributed by atoms with van der Waals surface area (Å²) < 4.78 is 0. The fraction of sp³-hybridized carbons (Fsp3) is 0.588. The lowest BCUT2D eigenvalue weighted by molar-refractivity contribution is 0.627. The molecule has 2 N–H and O–H groups in total. The van der Waals surface area contributed by atoms with Crippen molar-refractivity contribution in [1.29, 1.82) is 0 Å². The highest BCUT2D eigenvalue weighted by molar-refractivity contribution is 7.80. The first-order valence-corrected chi connectivity index (χ1v) is 8.12. The Kier molecular flexibility index (Phi) is 7.00. The number of aryl methyl sites for hydroxylation is 3. The summed E-state index contributed by atoms with van der Waals surface area (Å²) in [4.78, 5) is 0. The Hall–Kier alpha value is -1.09. The van der Waals surface area contributed by atoms with Gasteiger partial charge in [0.2, 0.25) is 0 Å².